The van der Waals surface area contributed by atoms with Gasteiger partial charge in [0.15, 0.2) is 0 Å². The third kappa shape index (κ3) is 2.63. The van der Waals surface area contributed by atoms with E-state index in [0.717, 1.165) is 23.4 Å². The molecule has 1 N–H and O–H groups in total. The van der Waals surface area contributed by atoms with Crippen LogP contribution in [0, 0.1) is 0 Å². The van der Waals surface area contributed by atoms with Gasteiger partial charge >= 0.3 is 0 Å². The molecule has 19 heavy (non-hydrogen) atoms. The number of hydrogen-bond acceptors (Lipinski definition) is 3. The van der Waals surface area contributed by atoms with Crippen LogP contribution in [0.5, 0.6) is 5.75 Å². The number of aryl methyl sites for hydroxylation is 2. The number of methoxy groups -OCH3 is 1. The van der Waals surface area contributed by atoms with E-state index < -0.39 is 0 Å². The molecule has 0 spiro atoms. The van der Waals surface area contributed by atoms with E-state index >= 15 is 0 Å². The fraction of sp³-hybridized carbons (Fsp3) is 0.400. The SMILES string of the molecule is CCc1nn(C)cc1C(NC)c1ccccc1OC. The summed E-state index contributed by atoms with van der Waals surface area (Å²) in [4.78, 5) is 0. The molecule has 0 saturated heterocycles. The Bertz CT molecular complexity index is 548. The van der Waals surface area contributed by atoms with Gasteiger partial charge in [-0.2, -0.15) is 5.10 Å². The fourth-order valence-corrected chi connectivity index (χ4v) is 2.45. The molecular weight excluding hydrogens is 238 g/mol. The second-order valence-corrected chi connectivity index (χ2v) is 4.52. The molecule has 1 heterocycles. The number of ether oxygens (including phenoxy) is 1. The molecule has 4 nitrogen and oxygen atoms in total. The predicted octanol–water partition coefficient (Wildman–Crippen LogP) is 2.30. The number of aromatic nitrogens is 2. The molecule has 1 aromatic carbocycles. The zero-order valence-corrected chi connectivity index (χ0v) is 12.0. The molecule has 4 heteroatoms. The zero-order valence-electron chi connectivity index (χ0n) is 12.0. The van der Waals surface area contributed by atoms with Crippen molar-refractivity contribution in [2.24, 2.45) is 7.05 Å². The van der Waals surface area contributed by atoms with Crippen LogP contribution in [0.2, 0.25) is 0 Å². The molecule has 102 valence electrons. The average Bonchev–Trinajstić information content (AvgIpc) is 2.81. The van der Waals surface area contributed by atoms with E-state index in [1.54, 1.807) is 7.11 Å². The van der Waals surface area contributed by atoms with Crippen LogP contribution in [-0.4, -0.2) is 23.9 Å². The average molecular weight is 259 g/mol. The number of nitrogens with one attached hydrogen (secondary N) is 1. The van der Waals surface area contributed by atoms with Crippen LogP contribution >= 0.6 is 0 Å². The van der Waals surface area contributed by atoms with Gasteiger partial charge in [-0.15, -0.1) is 0 Å². The highest BCUT2D eigenvalue weighted by Gasteiger charge is 2.20. The molecule has 0 saturated carbocycles. The number of nitrogens with zero attached hydrogens (tertiary/aromatic N) is 2. The standard InChI is InChI=1S/C15H21N3O/c1-5-13-12(10-18(3)17-13)15(16-2)11-8-6-7-9-14(11)19-4/h6-10,15-16H,5H2,1-4H3. The summed E-state index contributed by atoms with van der Waals surface area (Å²) in [6.45, 7) is 2.13. The molecule has 0 bridgehead atoms. The summed E-state index contributed by atoms with van der Waals surface area (Å²) in [6, 6.07) is 8.19. The van der Waals surface area contributed by atoms with E-state index in [0.29, 0.717) is 0 Å². The number of para-hydroxylation sites is 1. The first-order valence-electron chi connectivity index (χ1n) is 6.53. The van der Waals surface area contributed by atoms with E-state index in [1.165, 1.54) is 5.56 Å². The summed E-state index contributed by atoms with van der Waals surface area (Å²) < 4.78 is 7.33. The minimum absolute atomic E-state index is 0.0970. The van der Waals surface area contributed by atoms with Crippen LogP contribution in [0.15, 0.2) is 30.5 Å². The molecular formula is C15H21N3O. The van der Waals surface area contributed by atoms with E-state index in [2.05, 4.69) is 29.6 Å². The minimum atomic E-state index is 0.0970. The zero-order chi connectivity index (χ0) is 13.8. The second-order valence-electron chi connectivity index (χ2n) is 4.52. The number of rotatable bonds is 5. The van der Waals surface area contributed by atoms with E-state index in [9.17, 15) is 0 Å². The molecule has 1 aromatic heterocycles. The summed E-state index contributed by atoms with van der Waals surface area (Å²) >= 11 is 0. The van der Waals surface area contributed by atoms with Gasteiger partial charge < -0.3 is 10.1 Å². The first-order chi connectivity index (χ1) is 9.21. The van der Waals surface area contributed by atoms with Crippen LogP contribution in [0.25, 0.3) is 0 Å². The van der Waals surface area contributed by atoms with Crippen LogP contribution in [0.4, 0.5) is 0 Å². The van der Waals surface area contributed by atoms with Crippen LogP contribution < -0.4 is 10.1 Å². The summed E-state index contributed by atoms with van der Waals surface area (Å²) in [5.74, 6) is 0.896. The molecule has 0 amide bonds. The van der Waals surface area contributed by atoms with Gasteiger partial charge in [0.2, 0.25) is 0 Å². The van der Waals surface area contributed by atoms with Crippen molar-refractivity contribution in [2.75, 3.05) is 14.2 Å². The highest BCUT2D eigenvalue weighted by atomic mass is 16.5. The number of hydrogen-bond donors (Lipinski definition) is 1. The molecule has 0 fully saturated rings. The molecule has 2 rings (SSSR count). The summed E-state index contributed by atoms with van der Waals surface area (Å²) in [5.41, 5.74) is 3.46. The lowest BCUT2D eigenvalue weighted by molar-refractivity contribution is 0.405. The Labute approximate surface area is 114 Å². The highest BCUT2D eigenvalue weighted by molar-refractivity contribution is 5.42. The normalized spacial score (nSPS) is 12.4. The van der Waals surface area contributed by atoms with Crippen molar-refractivity contribution in [2.45, 2.75) is 19.4 Å². The van der Waals surface area contributed by atoms with Crippen molar-refractivity contribution in [1.29, 1.82) is 0 Å². The smallest absolute Gasteiger partial charge is 0.123 e. The van der Waals surface area contributed by atoms with Crippen molar-refractivity contribution in [3.8, 4) is 5.75 Å². The van der Waals surface area contributed by atoms with Crippen molar-refractivity contribution in [3.05, 3.63) is 47.3 Å². The fourth-order valence-electron chi connectivity index (χ4n) is 2.45. The predicted molar refractivity (Wildman–Crippen MR) is 76.5 cm³/mol. The maximum absolute atomic E-state index is 5.46. The topological polar surface area (TPSA) is 39.1 Å². The van der Waals surface area contributed by atoms with Gasteiger partial charge in [0.05, 0.1) is 18.8 Å². The van der Waals surface area contributed by atoms with E-state index in [4.69, 9.17) is 4.74 Å². The Kier molecular flexibility index (Phi) is 4.22. The monoisotopic (exact) mass is 259 g/mol. The minimum Gasteiger partial charge on any atom is -0.496 e. The lowest BCUT2D eigenvalue weighted by atomic mass is 9.97. The Morgan fingerprint density at radius 1 is 1.32 bits per heavy atom. The van der Waals surface area contributed by atoms with Crippen molar-refractivity contribution in [3.63, 3.8) is 0 Å². The van der Waals surface area contributed by atoms with Crippen molar-refractivity contribution < 1.29 is 4.74 Å². The lowest BCUT2D eigenvalue weighted by Gasteiger charge is -2.19. The van der Waals surface area contributed by atoms with Gasteiger partial charge in [0, 0.05) is 24.4 Å². The molecule has 0 aliphatic carbocycles. The maximum atomic E-state index is 5.46. The molecule has 1 unspecified atom stereocenters. The quantitative estimate of drug-likeness (QED) is 0.895. The molecule has 0 aliphatic rings. The maximum Gasteiger partial charge on any atom is 0.123 e. The third-order valence-electron chi connectivity index (χ3n) is 3.32. The molecule has 1 atom stereocenters. The van der Waals surface area contributed by atoms with Gasteiger partial charge in [-0.25, -0.2) is 0 Å². The van der Waals surface area contributed by atoms with Crippen LogP contribution in [-0.2, 0) is 13.5 Å². The van der Waals surface area contributed by atoms with Crippen LogP contribution in [0.3, 0.4) is 0 Å². The Morgan fingerprint density at radius 2 is 2.05 bits per heavy atom. The van der Waals surface area contributed by atoms with E-state index in [1.807, 2.05) is 37.0 Å². The molecule has 2 aromatic rings. The summed E-state index contributed by atoms with van der Waals surface area (Å²) in [6.07, 6.45) is 3.00. The van der Waals surface area contributed by atoms with Crippen molar-refractivity contribution >= 4 is 0 Å². The molecule has 0 radical (unpaired) electrons. The summed E-state index contributed by atoms with van der Waals surface area (Å²) in [5, 5.41) is 7.88. The molecule has 0 aliphatic heterocycles. The Morgan fingerprint density at radius 3 is 2.68 bits per heavy atom. The van der Waals surface area contributed by atoms with Gasteiger partial charge in [0.1, 0.15) is 5.75 Å². The largest absolute Gasteiger partial charge is 0.496 e. The van der Waals surface area contributed by atoms with Crippen LogP contribution in [0.1, 0.15) is 29.8 Å². The first-order valence-corrected chi connectivity index (χ1v) is 6.53. The lowest BCUT2D eigenvalue weighted by Crippen LogP contribution is -2.19. The van der Waals surface area contributed by atoms with Crippen molar-refractivity contribution in [1.82, 2.24) is 15.1 Å². The van der Waals surface area contributed by atoms with E-state index in [-0.39, 0.29) is 6.04 Å². The highest BCUT2D eigenvalue weighted by Crippen LogP contribution is 2.31. The van der Waals surface area contributed by atoms with Gasteiger partial charge in [-0.3, -0.25) is 4.68 Å². The third-order valence-corrected chi connectivity index (χ3v) is 3.32. The van der Waals surface area contributed by atoms with Gasteiger partial charge in [0.25, 0.3) is 0 Å². The Balaban J connectivity index is 2.49. The Hall–Kier alpha value is -1.81. The first kappa shape index (κ1) is 13.6. The van der Waals surface area contributed by atoms with Gasteiger partial charge in [-0.05, 0) is 19.5 Å². The summed E-state index contributed by atoms with van der Waals surface area (Å²) in [7, 11) is 5.62. The number of benzene rings is 1. The van der Waals surface area contributed by atoms with Gasteiger partial charge in [-0.1, -0.05) is 25.1 Å². The second kappa shape index (κ2) is 5.89.